The minimum absolute atomic E-state index is 0.0378. The number of aromatic nitrogens is 3. The van der Waals surface area contributed by atoms with Gasteiger partial charge in [0.1, 0.15) is 5.82 Å². The van der Waals surface area contributed by atoms with Crippen molar-refractivity contribution in [3.63, 3.8) is 0 Å². The first-order valence-corrected chi connectivity index (χ1v) is 6.54. The van der Waals surface area contributed by atoms with Crippen molar-refractivity contribution in [1.29, 1.82) is 0 Å². The van der Waals surface area contributed by atoms with E-state index in [2.05, 4.69) is 15.0 Å². The number of nitrogens with one attached hydrogen (secondary N) is 1. The zero-order valence-electron chi connectivity index (χ0n) is 13.1. The molecule has 2 rings (SSSR count). The molecule has 0 unspecified atom stereocenters. The Balaban J connectivity index is 2.44. The van der Waals surface area contributed by atoms with E-state index in [-0.39, 0.29) is 23.3 Å². The van der Waals surface area contributed by atoms with Gasteiger partial charge in [0.15, 0.2) is 11.4 Å². The Morgan fingerprint density at radius 3 is 2.57 bits per heavy atom. The summed E-state index contributed by atoms with van der Waals surface area (Å²) in [6.07, 6.45) is 0. The largest absolute Gasteiger partial charge is 0.481 e. The van der Waals surface area contributed by atoms with Crippen molar-refractivity contribution in [2.45, 2.75) is 0 Å². The van der Waals surface area contributed by atoms with Crippen LogP contribution in [0.25, 0.3) is 0 Å². The van der Waals surface area contributed by atoms with Gasteiger partial charge < -0.3 is 19.1 Å². The van der Waals surface area contributed by atoms with E-state index >= 15 is 0 Å². The van der Waals surface area contributed by atoms with E-state index in [9.17, 15) is 9.59 Å². The van der Waals surface area contributed by atoms with Crippen LogP contribution in [0.3, 0.4) is 0 Å². The molecule has 0 radical (unpaired) electrons. The van der Waals surface area contributed by atoms with Crippen LogP contribution in [-0.4, -0.2) is 49.2 Å². The van der Waals surface area contributed by atoms with Crippen LogP contribution < -0.4 is 19.9 Å². The van der Waals surface area contributed by atoms with Crippen LogP contribution in [-0.2, 0) is 4.74 Å². The summed E-state index contributed by atoms with van der Waals surface area (Å²) < 4.78 is 15.1. The number of nitrogens with zero attached hydrogens (tertiary/aromatic N) is 3. The van der Waals surface area contributed by atoms with E-state index in [4.69, 9.17) is 14.2 Å². The van der Waals surface area contributed by atoms with Crippen LogP contribution >= 0.6 is 0 Å². The van der Waals surface area contributed by atoms with Crippen molar-refractivity contribution >= 4 is 11.8 Å². The number of hydrogen-bond donors (Lipinski definition) is 1. The summed E-state index contributed by atoms with van der Waals surface area (Å²) in [5, 5.41) is 0. The number of pyridine rings is 1. The fraction of sp³-hybridized carbons (Fsp3) is 0.286. The van der Waals surface area contributed by atoms with Gasteiger partial charge in [0.05, 0.1) is 20.3 Å². The number of carbonyl (C=O) groups is 1. The highest BCUT2D eigenvalue weighted by Crippen LogP contribution is 2.25. The van der Waals surface area contributed by atoms with Crippen LogP contribution in [0.5, 0.6) is 17.6 Å². The number of methoxy groups -OCH3 is 2. The fourth-order valence-corrected chi connectivity index (χ4v) is 1.68. The number of esters is 1. The number of ether oxygens (including phenoxy) is 3. The zero-order chi connectivity index (χ0) is 17.0. The minimum Gasteiger partial charge on any atom is -0.481 e. The molecule has 9 nitrogen and oxygen atoms in total. The second-order valence-electron chi connectivity index (χ2n) is 4.60. The minimum atomic E-state index is -0.672. The van der Waals surface area contributed by atoms with E-state index in [1.54, 1.807) is 25.1 Å². The smallest absolute Gasteiger partial charge is 0.360 e. The molecule has 2 aromatic rings. The van der Waals surface area contributed by atoms with Gasteiger partial charge in [-0.15, -0.1) is 0 Å². The lowest BCUT2D eigenvalue weighted by molar-refractivity contribution is 0.0591. The zero-order valence-corrected chi connectivity index (χ0v) is 13.1. The van der Waals surface area contributed by atoms with Gasteiger partial charge in [0.25, 0.3) is 5.56 Å². The molecule has 0 amide bonds. The van der Waals surface area contributed by atoms with Crippen LogP contribution in [0.1, 0.15) is 10.5 Å². The van der Waals surface area contributed by atoms with Crippen molar-refractivity contribution in [3.05, 3.63) is 34.2 Å². The molecule has 0 aromatic carbocycles. The van der Waals surface area contributed by atoms with Gasteiger partial charge in [-0.25, -0.2) is 9.78 Å². The SMILES string of the molecule is COC(=O)c1nc(N(C)C)ccc1Oc1nc(OC)cc(=O)[nH]1. The molecular weight excluding hydrogens is 304 g/mol. The normalized spacial score (nSPS) is 10.1. The molecule has 0 saturated heterocycles. The highest BCUT2D eigenvalue weighted by Gasteiger charge is 2.18. The van der Waals surface area contributed by atoms with Gasteiger partial charge in [-0.05, 0) is 12.1 Å². The predicted molar refractivity (Wildman–Crippen MR) is 81.4 cm³/mol. The second-order valence-corrected chi connectivity index (χ2v) is 4.60. The third-order valence-corrected chi connectivity index (χ3v) is 2.79. The summed E-state index contributed by atoms with van der Waals surface area (Å²) in [5.41, 5.74) is -0.492. The number of aromatic amines is 1. The first-order valence-electron chi connectivity index (χ1n) is 6.54. The average Bonchev–Trinajstić information content (AvgIpc) is 2.53. The molecule has 122 valence electrons. The topological polar surface area (TPSA) is 107 Å². The van der Waals surface area contributed by atoms with E-state index in [0.717, 1.165) is 0 Å². The number of hydrogen-bond acceptors (Lipinski definition) is 8. The maximum atomic E-state index is 11.9. The quantitative estimate of drug-likeness (QED) is 0.807. The molecule has 0 aliphatic heterocycles. The monoisotopic (exact) mass is 320 g/mol. The molecular formula is C14H16N4O5. The summed E-state index contributed by atoms with van der Waals surface area (Å²) in [4.78, 5) is 35.6. The molecule has 2 aromatic heterocycles. The summed E-state index contributed by atoms with van der Waals surface area (Å²) >= 11 is 0. The van der Waals surface area contributed by atoms with Crippen molar-refractivity contribution < 1.29 is 19.0 Å². The molecule has 0 saturated carbocycles. The summed E-state index contributed by atoms with van der Waals surface area (Å²) in [5.74, 6) is 0.0545. The third kappa shape index (κ3) is 3.76. The molecule has 0 aliphatic carbocycles. The second kappa shape index (κ2) is 6.77. The molecule has 0 bridgehead atoms. The molecule has 1 N–H and O–H groups in total. The van der Waals surface area contributed by atoms with Crippen LogP contribution in [0.4, 0.5) is 5.82 Å². The Kier molecular flexibility index (Phi) is 4.79. The average molecular weight is 320 g/mol. The van der Waals surface area contributed by atoms with Crippen molar-refractivity contribution in [2.75, 3.05) is 33.2 Å². The van der Waals surface area contributed by atoms with Gasteiger partial charge in [-0.2, -0.15) is 4.98 Å². The fourth-order valence-electron chi connectivity index (χ4n) is 1.68. The van der Waals surface area contributed by atoms with Crippen molar-refractivity contribution in [3.8, 4) is 17.6 Å². The van der Waals surface area contributed by atoms with Gasteiger partial charge in [-0.1, -0.05) is 0 Å². The Bertz CT molecular complexity index is 772. The lowest BCUT2D eigenvalue weighted by atomic mass is 10.3. The lowest BCUT2D eigenvalue weighted by Gasteiger charge is -2.14. The van der Waals surface area contributed by atoms with E-state index < -0.39 is 11.5 Å². The molecule has 0 spiro atoms. The van der Waals surface area contributed by atoms with Crippen LogP contribution in [0.2, 0.25) is 0 Å². The molecule has 9 heteroatoms. The Labute approximate surface area is 131 Å². The predicted octanol–water partition coefficient (Wildman–Crippen LogP) is 0.818. The third-order valence-electron chi connectivity index (χ3n) is 2.79. The van der Waals surface area contributed by atoms with Crippen molar-refractivity contribution in [2.24, 2.45) is 0 Å². The van der Waals surface area contributed by atoms with Crippen LogP contribution in [0.15, 0.2) is 23.0 Å². The summed E-state index contributed by atoms with van der Waals surface area (Å²) in [6.45, 7) is 0. The van der Waals surface area contributed by atoms with Crippen LogP contribution in [0, 0.1) is 0 Å². The summed E-state index contributed by atoms with van der Waals surface area (Å²) in [7, 11) is 6.18. The van der Waals surface area contributed by atoms with E-state index in [0.29, 0.717) is 5.82 Å². The number of anilines is 1. The number of carbonyl (C=O) groups excluding carboxylic acids is 1. The molecule has 23 heavy (non-hydrogen) atoms. The lowest BCUT2D eigenvalue weighted by Crippen LogP contribution is -2.15. The van der Waals surface area contributed by atoms with Crippen molar-refractivity contribution in [1.82, 2.24) is 15.0 Å². The Morgan fingerprint density at radius 2 is 1.96 bits per heavy atom. The molecule has 0 fully saturated rings. The van der Waals surface area contributed by atoms with Gasteiger partial charge in [0.2, 0.25) is 5.88 Å². The van der Waals surface area contributed by atoms with Gasteiger partial charge in [-0.3, -0.25) is 9.78 Å². The van der Waals surface area contributed by atoms with E-state index in [1.807, 2.05) is 0 Å². The first kappa shape index (κ1) is 16.3. The maximum absolute atomic E-state index is 11.9. The molecule has 2 heterocycles. The Hall–Kier alpha value is -3.10. The van der Waals surface area contributed by atoms with Gasteiger partial charge in [0, 0.05) is 14.1 Å². The Morgan fingerprint density at radius 1 is 1.22 bits per heavy atom. The first-order chi connectivity index (χ1) is 10.9. The number of H-pyrrole nitrogens is 1. The molecule has 0 aliphatic rings. The van der Waals surface area contributed by atoms with Gasteiger partial charge >= 0.3 is 12.0 Å². The molecule has 0 atom stereocenters. The highest BCUT2D eigenvalue weighted by atomic mass is 16.5. The number of rotatable bonds is 5. The van der Waals surface area contributed by atoms with E-state index in [1.165, 1.54) is 26.4 Å². The summed E-state index contributed by atoms with van der Waals surface area (Å²) in [6, 6.07) is 4.23. The standard InChI is InChI=1S/C14H16N4O5/c1-18(2)9-6-5-8(12(15-9)13(20)22-4)23-14-16-10(19)7-11(17-14)21-3/h5-7H,1-4H3,(H,16,17,19). The highest BCUT2D eigenvalue weighted by molar-refractivity contribution is 5.90. The maximum Gasteiger partial charge on any atom is 0.360 e.